The fourth-order valence-corrected chi connectivity index (χ4v) is 4.11. The van der Waals surface area contributed by atoms with Crippen molar-refractivity contribution >= 4 is 29.0 Å². The van der Waals surface area contributed by atoms with Gasteiger partial charge in [-0.3, -0.25) is 0 Å². The molecule has 1 aliphatic rings. The van der Waals surface area contributed by atoms with E-state index in [4.69, 9.17) is 14.7 Å². The molecule has 0 spiro atoms. The van der Waals surface area contributed by atoms with Crippen molar-refractivity contribution in [2.75, 3.05) is 29.6 Å². The van der Waals surface area contributed by atoms with E-state index >= 15 is 0 Å². The van der Waals surface area contributed by atoms with Crippen LogP contribution < -0.4 is 20.7 Å². The highest BCUT2D eigenvalue weighted by Gasteiger charge is 2.14. The smallest absolute Gasteiger partial charge is 0.231 e. The number of hydrogen-bond acceptors (Lipinski definition) is 6. The normalized spacial score (nSPS) is 14.1. The molecule has 32 heavy (non-hydrogen) atoms. The summed E-state index contributed by atoms with van der Waals surface area (Å²) < 4.78 is 5.26. The fraction of sp³-hybridized carbons (Fsp3) is 0.385. The Morgan fingerprint density at radius 2 is 1.62 bits per heavy atom. The molecular formula is C26H33N5O. The third-order valence-electron chi connectivity index (χ3n) is 6.02. The Hall–Kier alpha value is -3.28. The first-order chi connectivity index (χ1) is 15.6. The molecule has 0 saturated heterocycles. The zero-order valence-electron chi connectivity index (χ0n) is 19.2. The number of benzene rings is 2. The van der Waals surface area contributed by atoms with Crippen LogP contribution in [0.3, 0.4) is 0 Å². The maximum absolute atomic E-state index is 5.26. The topological polar surface area (TPSA) is 71.1 Å². The molecule has 168 valence electrons. The average Bonchev–Trinajstić information content (AvgIpc) is 2.81. The van der Waals surface area contributed by atoms with E-state index < -0.39 is 0 Å². The minimum Gasteiger partial charge on any atom is -0.497 e. The highest BCUT2D eigenvalue weighted by atomic mass is 16.5. The molecule has 1 aliphatic carbocycles. The van der Waals surface area contributed by atoms with Crippen molar-refractivity contribution < 1.29 is 4.74 Å². The van der Waals surface area contributed by atoms with Crippen molar-refractivity contribution in [2.45, 2.75) is 46.0 Å². The maximum atomic E-state index is 5.26. The van der Waals surface area contributed by atoms with Gasteiger partial charge in [0, 0.05) is 24.0 Å². The van der Waals surface area contributed by atoms with Crippen LogP contribution in [-0.4, -0.2) is 23.6 Å². The molecule has 0 bridgehead atoms. The van der Waals surface area contributed by atoms with Crippen LogP contribution >= 0.6 is 0 Å². The van der Waals surface area contributed by atoms with Gasteiger partial charge in [0.1, 0.15) is 17.4 Å². The summed E-state index contributed by atoms with van der Waals surface area (Å²) >= 11 is 0. The van der Waals surface area contributed by atoms with Crippen LogP contribution in [0, 0.1) is 19.8 Å². The molecule has 0 atom stereocenters. The summed E-state index contributed by atoms with van der Waals surface area (Å²) in [6, 6.07) is 16.1. The molecule has 1 saturated carbocycles. The predicted octanol–water partition coefficient (Wildman–Crippen LogP) is 6.58. The van der Waals surface area contributed by atoms with Gasteiger partial charge in [0.05, 0.1) is 7.11 Å². The van der Waals surface area contributed by atoms with E-state index in [1.165, 1.54) is 43.2 Å². The van der Waals surface area contributed by atoms with E-state index in [1.54, 1.807) is 7.11 Å². The van der Waals surface area contributed by atoms with E-state index in [1.807, 2.05) is 30.3 Å². The Morgan fingerprint density at radius 3 is 2.38 bits per heavy atom. The highest BCUT2D eigenvalue weighted by Crippen LogP contribution is 2.27. The van der Waals surface area contributed by atoms with Crippen LogP contribution in [0.25, 0.3) is 0 Å². The van der Waals surface area contributed by atoms with E-state index in [0.29, 0.717) is 11.9 Å². The first-order valence-electron chi connectivity index (χ1n) is 11.5. The average molecular weight is 432 g/mol. The lowest BCUT2D eigenvalue weighted by atomic mass is 9.89. The number of nitrogens with one attached hydrogen (secondary N) is 3. The molecule has 0 unspecified atom stereocenters. The lowest BCUT2D eigenvalue weighted by Crippen LogP contribution is -2.18. The quantitative estimate of drug-likeness (QED) is 0.374. The van der Waals surface area contributed by atoms with Crippen molar-refractivity contribution in [3.05, 3.63) is 59.7 Å². The molecule has 4 rings (SSSR count). The Kier molecular flexibility index (Phi) is 7.10. The van der Waals surface area contributed by atoms with Crippen LogP contribution in [0.2, 0.25) is 0 Å². The molecule has 0 radical (unpaired) electrons. The predicted molar refractivity (Wildman–Crippen MR) is 133 cm³/mol. The number of nitrogens with zero attached hydrogens (tertiary/aromatic N) is 2. The summed E-state index contributed by atoms with van der Waals surface area (Å²) in [4.78, 5) is 9.46. The molecule has 6 nitrogen and oxygen atoms in total. The first kappa shape index (κ1) is 21.9. The minimum atomic E-state index is 0.552. The number of ether oxygens (including phenoxy) is 1. The zero-order valence-corrected chi connectivity index (χ0v) is 19.2. The Labute approximate surface area is 190 Å². The van der Waals surface area contributed by atoms with Crippen molar-refractivity contribution in [2.24, 2.45) is 5.92 Å². The van der Waals surface area contributed by atoms with Gasteiger partial charge >= 0.3 is 0 Å². The van der Waals surface area contributed by atoms with Gasteiger partial charge in [-0.25, -0.2) is 0 Å². The van der Waals surface area contributed by atoms with Gasteiger partial charge in [-0.2, -0.15) is 9.97 Å². The molecule has 1 heterocycles. The largest absolute Gasteiger partial charge is 0.497 e. The highest BCUT2D eigenvalue weighted by molar-refractivity contribution is 5.66. The minimum absolute atomic E-state index is 0.552. The Balaban J connectivity index is 1.56. The summed E-state index contributed by atoms with van der Waals surface area (Å²) in [6.45, 7) is 5.14. The summed E-state index contributed by atoms with van der Waals surface area (Å²) in [5, 5.41) is 10.4. The van der Waals surface area contributed by atoms with Crippen LogP contribution in [0.5, 0.6) is 5.75 Å². The number of aryl methyl sites for hydroxylation is 2. The second-order valence-electron chi connectivity index (χ2n) is 8.64. The van der Waals surface area contributed by atoms with Gasteiger partial charge in [-0.1, -0.05) is 31.4 Å². The summed E-state index contributed by atoms with van der Waals surface area (Å²) in [5.74, 6) is 3.67. The number of aromatic nitrogens is 2. The summed E-state index contributed by atoms with van der Waals surface area (Å²) in [5.41, 5.74) is 4.35. The van der Waals surface area contributed by atoms with Gasteiger partial charge in [-0.05, 0) is 74.1 Å². The lowest BCUT2D eigenvalue weighted by molar-refractivity contribution is 0.373. The standard InChI is InChI=1S/C26H33N5O/c1-18-9-10-19(2)23(15-18)29-25-16-24(27-17-20-7-5-4-6-8-20)30-26(31-25)28-21-11-13-22(32-3)14-12-21/h9-16,20H,4-8,17H2,1-3H3,(H3,27,28,29,30,31). The second kappa shape index (κ2) is 10.4. The van der Waals surface area contributed by atoms with E-state index in [2.05, 4.69) is 48.0 Å². The molecule has 6 heteroatoms. The SMILES string of the molecule is COc1ccc(Nc2nc(NCC3CCCCC3)cc(Nc3cc(C)ccc3C)n2)cc1. The van der Waals surface area contributed by atoms with Gasteiger partial charge in [0.15, 0.2) is 0 Å². The number of rotatable bonds is 8. The molecule has 1 fully saturated rings. The molecule has 0 aliphatic heterocycles. The third kappa shape index (κ3) is 5.90. The molecule has 3 N–H and O–H groups in total. The molecule has 0 amide bonds. The van der Waals surface area contributed by atoms with Crippen LogP contribution in [-0.2, 0) is 0 Å². The molecular weight excluding hydrogens is 398 g/mol. The van der Waals surface area contributed by atoms with E-state index in [9.17, 15) is 0 Å². The molecule has 1 aromatic heterocycles. The van der Waals surface area contributed by atoms with E-state index in [-0.39, 0.29) is 0 Å². The number of anilines is 5. The van der Waals surface area contributed by atoms with Gasteiger partial charge in [0.2, 0.25) is 5.95 Å². The Bertz CT molecular complexity index is 1030. The van der Waals surface area contributed by atoms with Crippen LogP contribution in [0.15, 0.2) is 48.5 Å². The zero-order chi connectivity index (χ0) is 22.3. The molecule has 3 aromatic rings. The lowest BCUT2D eigenvalue weighted by Gasteiger charge is -2.22. The van der Waals surface area contributed by atoms with Gasteiger partial charge in [0.25, 0.3) is 0 Å². The summed E-state index contributed by atoms with van der Waals surface area (Å²) in [7, 11) is 1.66. The number of hydrogen-bond donors (Lipinski definition) is 3. The first-order valence-corrected chi connectivity index (χ1v) is 11.5. The van der Waals surface area contributed by atoms with Gasteiger partial charge in [-0.15, -0.1) is 0 Å². The van der Waals surface area contributed by atoms with Crippen molar-refractivity contribution in [3.63, 3.8) is 0 Å². The molecule has 2 aromatic carbocycles. The number of methoxy groups -OCH3 is 1. The fourth-order valence-electron chi connectivity index (χ4n) is 4.11. The summed E-state index contributed by atoms with van der Waals surface area (Å²) in [6.07, 6.45) is 6.62. The van der Waals surface area contributed by atoms with Crippen LogP contribution in [0.4, 0.5) is 29.0 Å². The third-order valence-corrected chi connectivity index (χ3v) is 6.02. The van der Waals surface area contributed by atoms with Gasteiger partial charge < -0.3 is 20.7 Å². The van der Waals surface area contributed by atoms with Crippen LogP contribution in [0.1, 0.15) is 43.2 Å². The van der Waals surface area contributed by atoms with Crippen molar-refractivity contribution in [1.82, 2.24) is 9.97 Å². The van der Waals surface area contributed by atoms with Crippen molar-refractivity contribution in [3.8, 4) is 5.75 Å². The van der Waals surface area contributed by atoms with E-state index in [0.717, 1.165) is 35.3 Å². The van der Waals surface area contributed by atoms with Crippen molar-refractivity contribution in [1.29, 1.82) is 0 Å². The monoisotopic (exact) mass is 431 g/mol. The Morgan fingerprint density at radius 1 is 0.875 bits per heavy atom. The second-order valence-corrected chi connectivity index (χ2v) is 8.64. The maximum Gasteiger partial charge on any atom is 0.231 e.